The minimum absolute atomic E-state index is 0.106. The van der Waals surface area contributed by atoms with E-state index in [1.807, 2.05) is 13.8 Å². The highest BCUT2D eigenvalue weighted by molar-refractivity contribution is 9.10. The van der Waals surface area contributed by atoms with Gasteiger partial charge in [-0.3, -0.25) is 0 Å². The number of nitrogens with two attached hydrogens (primary N) is 1. The van der Waals surface area contributed by atoms with Gasteiger partial charge in [-0.15, -0.1) is 0 Å². The lowest BCUT2D eigenvalue weighted by Crippen LogP contribution is -2.16. The predicted octanol–water partition coefficient (Wildman–Crippen LogP) is 2.05. The van der Waals surface area contributed by atoms with Crippen molar-refractivity contribution in [2.24, 2.45) is 11.1 Å². The first-order valence-corrected chi connectivity index (χ1v) is 7.66. The van der Waals surface area contributed by atoms with Gasteiger partial charge in [-0.1, -0.05) is 13.8 Å². The molecule has 8 heteroatoms. The molecule has 0 radical (unpaired) electrons. The largest absolute Gasteiger partial charge is 0.462 e. The fraction of sp³-hybridized carbons (Fsp3) is 0.364. The van der Waals surface area contributed by atoms with Gasteiger partial charge in [0, 0.05) is 0 Å². The second-order valence-corrected chi connectivity index (χ2v) is 6.63. The SMILES string of the molecule is CC(C)COC(=O)c1cc(F)cc(S(N)(=O)=O)c1Br. The van der Waals surface area contributed by atoms with Crippen LogP contribution < -0.4 is 5.14 Å². The van der Waals surface area contributed by atoms with Gasteiger partial charge < -0.3 is 4.74 Å². The Morgan fingerprint density at radius 3 is 2.53 bits per heavy atom. The van der Waals surface area contributed by atoms with Crippen LogP contribution in [-0.2, 0) is 14.8 Å². The Morgan fingerprint density at radius 1 is 1.47 bits per heavy atom. The van der Waals surface area contributed by atoms with Crippen molar-refractivity contribution in [3.63, 3.8) is 0 Å². The first-order chi connectivity index (χ1) is 8.62. The highest BCUT2D eigenvalue weighted by Crippen LogP contribution is 2.27. The molecular formula is C11H13BrFNO4S. The summed E-state index contributed by atoms with van der Waals surface area (Å²) in [4.78, 5) is 11.3. The first-order valence-electron chi connectivity index (χ1n) is 5.32. The molecule has 1 aromatic carbocycles. The lowest BCUT2D eigenvalue weighted by atomic mass is 10.2. The van der Waals surface area contributed by atoms with Crippen molar-refractivity contribution in [1.29, 1.82) is 0 Å². The Bertz CT molecular complexity index is 601. The third kappa shape index (κ3) is 4.26. The number of halogens is 2. The van der Waals surface area contributed by atoms with Crippen molar-refractivity contribution in [3.8, 4) is 0 Å². The molecule has 0 aliphatic carbocycles. The van der Waals surface area contributed by atoms with E-state index in [9.17, 15) is 17.6 Å². The second kappa shape index (κ2) is 5.98. The number of primary sulfonamides is 1. The smallest absolute Gasteiger partial charge is 0.339 e. The Labute approximate surface area is 119 Å². The minimum Gasteiger partial charge on any atom is -0.462 e. The van der Waals surface area contributed by atoms with Crippen LogP contribution in [0, 0.1) is 11.7 Å². The van der Waals surface area contributed by atoms with Crippen LogP contribution in [0.1, 0.15) is 24.2 Å². The molecule has 5 nitrogen and oxygen atoms in total. The molecule has 0 aliphatic rings. The van der Waals surface area contributed by atoms with Crippen LogP contribution in [0.4, 0.5) is 4.39 Å². The van der Waals surface area contributed by atoms with Gasteiger partial charge in [-0.25, -0.2) is 22.7 Å². The molecule has 1 aromatic rings. The summed E-state index contributed by atoms with van der Waals surface area (Å²) in [6, 6.07) is 1.63. The molecule has 0 amide bonds. The Morgan fingerprint density at radius 2 is 2.05 bits per heavy atom. The number of benzene rings is 1. The molecule has 0 aliphatic heterocycles. The number of carbonyl (C=O) groups excluding carboxylic acids is 1. The summed E-state index contributed by atoms with van der Waals surface area (Å²) in [5.41, 5.74) is -0.218. The molecule has 0 fully saturated rings. The lowest BCUT2D eigenvalue weighted by Gasteiger charge is -2.10. The van der Waals surface area contributed by atoms with Gasteiger partial charge >= 0.3 is 5.97 Å². The van der Waals surface area contributed by atoms with E-state index >= 15 is 0 Å². The molecule has 19 heavy (non-hydrogen) atoms. The maximum absolute atomic E-state index is 13.3. The summed E-state index contributed by atoms with van der Waals surface area (Å²) in [5, 5.41) is 4.94. The van der Waals surface area contributed by atoms with Gasteiger partial charge in [-0.05, 0) is 34.0 Å². The summed E-state index contributed by atoms with van der Waals surface area (Å²) in [6.45, 7) is 3.82. The molecule has 2 N–H and O–H groups in total. The molecule has 0 atom stereocenters. The van der Waals surface area contributed by atoms with Gasteiger partial charge in [0.25, 0.3) is 0 Å². The summed E-state index contributed by atoms with van der Waals surface area (Å²) in [6.07, 6.45) is 0. The van der Waals surface area contributed by atoms with Crippen molar-refractivity contribution < 1.29 is 22.3 Å². The van der Waals surface area contributed by atoms with Gasteiger partial charge in [0.1, 0.15) is 5.82 Å². The standard InChI is InChI=1S/C11H13BrFNO4S/c1-6(2)5-18-11(15)8-3-7(13)4-9(10(8)12)19(14,16)17/h3-4,6H,5H2,1-2H3,(H2,14,16,17). The summed E-state index contributed by atoms with van der Waals surface area (Å²) in [7, 11) is -4.14. The quantitative estimate of drug-likeness (QED) is 0.839. The maximum atomic E-state index is 13.3. The zero-order chi connectivity index (χ0) is 14.8. The van der Waals surface area contributed by atoms with Crippen molar-refractivity contribution >= 4 is 31.9 Å². The fourth-order valence-electron chi connectivity index (χ4n) is 1.24. The van der Waals surface area contributed by atoms with Gasteiger partial charge in [0.2, 0.25) is 10.0 Å². The molecule has 0 unspecified atom stereocenters. The molecule has 0 saturated heterocycles. The number of carbonyl (C=O) groups is 1. The van der Waals surface area contributed by atoms with Crippen molar-refractivity contribution in [2.75, 3.05) is 6.61 Å². The normalized spacial score (nSPS) is 11.7. The highest BCUT2D eigenvalue weighted by Gasteiger charge is 2.22. The van der Waals surface area contributed by atoms with E-state index in [1.54, 1.807) is 0 Å². The fourth-order valence-corrected chi connectivity index (χ4v) is 2.94. The van der Waals surface area contributed by atoms with Crippen LogP contribution in [0.15, 0.2) is 21.5 Å². The molecule has 0 heterocycles. The number of hydrogen-bond donors (Lipinski definition) is 1. The molecule has 0 saturated carbocycles. The molecule has 1 rings (SSSR count). The Hall–Kier alpha value is -0.990. The number of ether oxygens (including phenoxy) is 1. The van der Waals surface area contributed by atoms with Crippen LogP contribution in [0.5, 0.6) is 0 Å². The van der Waals surface area contributed by atoms with E-state index in [4.69, 9.17) is 9.88 Å². The third-order valence-corrected chi connectivity index (χ3v) is 4.13. The topological polar surface area (TPSA) is 86.5 Å². The summed E-state index contributed by atoms with van der Waals surface area (Å²) < 4.78 is 40.7. The second-order valence-electron chi connectivity index (χ2n) is 4.30. The van der Waals surface area contributed by atoms with Crippen LogP contribution in [0.25, 0.3) is 0 Å². The monoisotopic (exact) mass is 353 g/mol. The van der Waals surface area contributed by atoms with E-state index < -0.39 is 26.7 Å². The number of hydrogen-bond acceptors (Lipinski definition) is 4. The van der Waals surface area contributed by atoms with E-state index in [2.05, 4.69) is 15.9 Å². The maximum Gasteiger partial charge on any atom is 0.339 e. The average Bonchev–Trinajstić information content (AvgIpc) is 2.27. The summed E-state index contributed by atoms with van der Waals surface area (Å²) in [5.74, 6) is -1.59. The number of rotatable bonds is 4. The van der Waals surface area contributed by atoms with Crippen LogP contribution >= 0.6 is 15.9 Å². The third-order valence-electron chi connectivity index (χ3n) is 2.08. The van der Waals surface area contributed by atoms with Crippen LogP contribution in [-0.4, -0.2) is 21.0 Å². The molecule has 0 spiro atoms. The zero-order valence-electron chi connectivity index (χ0n) is 10.3. The van der Waals surface area contributed by atoms with Gasteiger partial charge in [0.15, 0.2) is 0 Å². The Kier molecular flexibility index (Phi) is 5.05. The van der Waals surface area contributed by atoms with E-state index in [1.165, 1.54) is 0 Å². The van der Waals surface area contributed by atoms with E-state index in [0.29, 0.717) is 0 Å². The van der Waals surface area contributed by atoms with Crippen LogP contribution in [0.2, 0.25) is 0 Å². The highest BCUT2D eigenvalue weighted by atomic mass is 79.9. The van der Waals surface area contributed by atoms with Crippen molar-refractivity contribution in [1.82, 2.24) is 0 Å². The van der Waals surface area contributed by atoms with E-state index in [0.717, 1.165) is 12.1 Å². The number of sulfonamides is 1. The predicted molar refractivity (Wildman–Crippen MR) is 70.6 cm³/mol. The first kappa shape index (κ1) is 16.1. The average molecular weight is 354 g/mol. The lowest BCUT2D eigenvalue weighted by molar-refractivity contribution is 0.0457. The molecule has 106 valence electrons. The van der Waals surface area contributed by atoms with Crippen molar-refractivity contribution in [2.45, 2.75) is 18.7 Å². The van der Waals surface area contributed by atoms with Gasteiger partial charge in [0.05, 0.1) is 21.5 Å². The minimum atomic E-state index is -4.14. The zero-order valence-corrected chi connectivity index (χ0v) is 12.7. The van der Waals surface area contributed by atoms with E-state index in [-0.39, 0.29) is 22.6 Å². The van der Waals surface area contributed by atoms with Crippen molar-refractivity contribution in [3.05, 3.63) is 28.0 Å². The van der Waals surface area contributed by atoms with Gasteiger partial charge in [-0.2, -0.15) is 0 Å². The molecule has 0 bridgehead atoms. The number of esters is 1. The summed E-state index contributed by atoms with van der Waals surface area (Å²) >= 11 is 2.93. The molecule has 0 aromatic heterocycles. The molecular weight excluding hydrogens is 341 g/mol. The van der Waals surface area contributed by atoms with Crippen LogP contribution in [0.3, 0.4) is 0 Å². The Balaban J connectivity index is 3.22.